The Labute approximate surface area is 81.2 Å². The van der Waals surface area contributed by atoms with E-state index in [1.54, 1.807) is 0 Å². The molecule has 1 amide bonds. The average molecular weight is 236 g/mol. The normalized spacial score (nSPS) is 20.7. The fourth-order valence-corrected chi connectivity index (χ4v) is 1.45. The van der Waals surface area contributed by atoms with Gasteiger partial charge in [-0.1, -0.05) is 22.9 Å². The Morgan fingerprint density at radius 2 is 2.17 bits per heavy atom. The van der Waals surface area contributed by atoms with E-state index in [0.717, 1.165) is 19.5 Å². The maximum atomic E-state index is 11.6. The molecule has 0 spiro atoms. The van der Waals surface area contributed by atoms with Crippen molar-refractivity contribution in [2.75, 3.05) is 26.3 Å². The molecule has 1 atom stereocenters. The third-order valence-electron chi connectivity index (χ3n) is 1.95. The SMILES string of the molecule is CCC(Br)C(=O)N1CCOCC1. The van der Waals surface area contributed by atoms with Crippen LogP contribution in [0.4, 0.5) is 0 Å². The van der Waals surface area contributed by atoms with E-state index in [2.05, 4.69) is 15.9 Å². The van der Waals surface area contributed by atoms with Gasteiger partial charge >= 0.3 is 0 Å². The van der Waals surface area contributed by atoms with Gasteiger partial charge in [0, 0.05) is 13.1 Å². The van der Waals surface area contributed by atoms with E-state index in [1.807, 2.05) is 11.8 Å². The summed E-state index contributed by atoms with van der Waals surface area (Å²) in [4.78, 5) is 13.4. The largest absolute Gasteiger partial charge is 0.378 e. The van der Waals surface area contributed by atoms with Gasteiger partial charge in [-0.2, -0.15) is 0 Å². The van der Waals surface area contributed by atoms with Crippen LogP contribution in [0.5, 0.6) is 0 Å². The van der Waals surface area contributed by atoms with Gasteiger partial charge in [-0.05, 0) is 6.42 Å². The Bertz CT molecular complexity index is 157. The molecular formula is C8H14BrNO2. The second kappa shape index (κ2) is 4.82. The van der Waals surface area contributed by atoms with E-state index < -0.39 is 0 Å². The molecule has 0 radical (unpaired) electrons. The van der Waals surface area contributed by atoms with Crippen LogP contribution in [0, 0.1) is 0 Å². The average Bonchev–Trinajstić information content (AvgIpc) is 2.17. The minimum absolute atomic E-state index is 0.0180. The summed E-state index contributed by atoms with van der Waals surface area (Å²) < 4.78 is 5.15. The Morgan fingerprint density at radius 3 is 2.67 bits per heavy atom. The lowest BCUT2D eigenvalue weighted by Crippen LogP contribution is -2.43. The summed E-state index contributed by atoms with van der Waals surface area (Å²) in [6.45, 7) is 4.82. The number of halogens is 1. The molecule has 0 aromatic rings. The number of carbonyl (C=O) groups excluding carboxylic acids is 1. The molecule has 0 aliphatic carbocycles. The summed E-state index contributed by atoms with van der Waals surface area (Å²) >= 11 is 3.35. The van der Waals surface area contributed by atoms with Crippen LogP contribution in [0.2, 0.25) is 0 Å². The zero-order valence-electron chi connectivity index (χ0n) is 7.25. The molecule has 1 aliphatic heterocycles. The molecule has 0 N–H and O–H groups in total. The van der Waals surface area contributed by atoms with Crippen LogP contribution in [-0.2, 0) is 9.53 Å². The van der Waals surface area contributed by atoms with Gasteiger partial charge in [0.15, 0.2) is 0 Å². The molecule has 4 heteroatoms. The topological polar surface area (TPSA) is 29.5 Å². The first kappa shape index (κ1) is 9.99. The standard InChI is InChI=1S/C8H14BrNO2/c1-2-7(9)8(11)10-3-5-12-6-4-10/h7H,2-6H2,1H3. The first-order valence-corrected chi connectivity index (χ1v) is 5.18. The van der Waals surface area contributed by atoms with Crippen molar-refractivity contribution in [2.24, 2.45) is 0 Å². The lowest BCUT2D eigenvalue weighted by atomic mass is 10.3. The van der Waals surface area contributed by atoms with Crippen molar-refractivity contribution >= 4 is 21.8 Å². The number of carbonyl (C=O) groups is 1. The van der Waals surface area contributed by atoms with Crippen molar-refractivity contribution in [1.82, 2.24) is 4.90 Å². The van der Waals surface area contributed by atoms with Crippen molar-refractivity contribution in [3.05, 3.63) is 0 Å². The van der Waals surface area contributed by atoms with Crippen molar-refractivity contribution in [3.63, 3.8) is 0 Å². The van der Waals surface area contributed by atoms with E-state index in [1.165, 1.54) is 0 Å². The quantitative estimate of drug-likeness (QED) is 0.670. The highest BCUT2D eigenvalue weighted by atomic mass is 79.9. The van der Waals surface area contributed by atoms with Gasteiger partial charge in [-0.3, -0.25) is 4.79 Å². The molecular weight excluding hydrogens is 222 g/mol. The molecule has 0 bridgehead atoms. The van der Waals surface area contributed by atoms with Crippen molar-refractivity contribution in [2.45, 2.75) is 18.2 Å². The smallest absolute Gasteiger partial charge is 0.236 e. The second-order valence-electron chi connectivity index (χ2n) is 2.81. The molecule has 1 unspecified atom stereocenters. The van der Waals surface area contributed by atoms with E-state index >= 15 is 0 Å². The Kier molecular flexibility index (Phi) is 4.01. The molecule has 1 fully saturated rings. The van der Waals surface area contributed by atoms with Crippen molar-refractivity contribution < 1.29 is 9.53 Å². The van der Waals surface area contributed by atoms with E-state index in [0.29, 0.717) is 13.2 Å². The van der Waals surface area contributed by atoms with Gasteiger partial charge < -0.3 is 9.64 Å². The monoisotopic (exact) mass is 235 g/mol. The van der Waals surface area contributed by atoms with Crippen LogP contribution in [0.1, 0.15) is 13.3 Å². The number of nitrogens with zero attached hydrogens (tertiary/aromatic N) is 1. The molecule has 0 saturated carbocycles. The van der Waals surface area contributed by atoms with E-state index in [-0.39, 0.29) is 10.7 Å². The van der Waals surface area contributed by atoms with Gasteiger partial charge in [0.25, 0.3) is 0 Å². The second-order valence-corrected chi connectivity index (χ2v) is 3.92. The molecule has 70 valence electrons. The Hall–Kier alpha value is -0.0900. The number of rotatable bonds is 2. The lowest BCUT2D eigenvalue weighted by Gasteiger charge is -2.28. The Morgan fingerprint density at radius 1 is 1.58 bits per heavy atom. The predicted octanol–water partition coefficient (Wildman–Crippen LogP) is 1.02. The Balaban J connectivity index is 2.39. The third kappa shape index (κ3) is 2.45. The first-order chi connectivity index (χ1) is 5.75. The van der Waals surface area contributed by atoms with E-state index in [4.69, 9.17) is 4.74 Å². The van der Waals surface area contributed by atoms with Crippen LogP contribution in [0.3, 0.4) is 0 Å². The summed E-state index contributed by atoms with van der Waals surface area (Å²) in [5.41, 5.74) is 0. The van der Waals surface area contributed by atoms with Gasteiger partial charge in [-0.15, -0.1) is 0 Å². The highest BCUT2D eigenvalue weighted by Gasteiger charge is 2.21. The summed E-state index contributed by atoms with van der Waals surface area (Å²) in [5, 5.41) is 0. The minimum Gasteiger partial charge on any atom is -0.378 e. The maximum Gasteiger partial charge on any atom is 0.236 e. The fourth-order valence-electron chi connectivity index (χ4n) is 1.16. The fraction of sp³-hybridized carbons (Fsp3) is 0.875. The summed E-state index contributed by atoms with van der Waals surface area (Å²) in [7, 11) is 0. The minimum atomic E-state index is -0.0180. The van der Waals surface area contributed by atoms with Crippen LogP contribution in [0.25, 0.3) is 0 Å². The number of hydrogen-bond donors (Lipinski definition) is 0. The van der Waals surface area contributed by atoms with Gasteiger partial charge in [0.05, 0.1) is 18.0 Å². The van der Waals surface area contributed by atoms with E-state index in [9.17, 15) is 4.79 Å². The predicted molar refractivity (Wildman–Crippen MR) is 50.4 cm³/mol. The van der Waals surface area contributed by atoms with Crippen molar-refractivity contribution in [3.8, 4) is 0 Å². The highest BCUT2D eigenvalue weighted by Crippen LogP contribution is 2.10. The molecule has 1 saturated heterocycles. The summed E-state index contributed by atoms with van der Waals surface area (Å²) in [6, 6.07) is 0. The van der Waals surface area contributed by atoms with Crippen LogP contribution < -0.4 is 0 Å². The first-order valence-electron chi connectivity index (χ1n) is 4.26. The number of alkyl halides is 1. The van der Waals surface area contributed by atoms with Gasteiger partial charge in [-0.25, -0.2) is 0 Å². The zero-order chi connectivity index (χ0) is 8.97. The third-order valence-corrected chi connectivity index (χ3v) is 2.99. The lowest BCUT2D eigenvalue weighted by molar-refractivity contribution is -0.134. The molecule has 1 aliphatic rings. The number of amides is 1. The van der Waals surface area contributed by atoms with Gasteiger partial charge in [0.2, 0.25) is 5.91 Å². The number of morpholine rings is 1. The van der Waals surface area contributed by atoms with Crippen LogP contribution in [0.15, 0.2) is 0 Å². The van der Waals surface area contributed by atoms with Crippen molar-refractivity contribution in [1.29, 1.82) is 0 Å². The molecule has 3 nitrogen and oxygen atoms in total. The summed E-state index contributed by atoms with van der Waals surface area (Å²) in [6.07, 6.45) is 0.843. The summed E-state index contributed by atoms with van der Waals surface area (Å²) in [5.74, 6) is 0.195. The molecule has 1 heterocycles. The molecule has 12 heavy (non-hydrogen) atoms. The highest BCUT2D eigenvalue weighted by molar-refractivity contribution is 9.10. The zero-order valence-corrected chi connectivity index (χ0v) is 8.84. The molecule has 1 rings (SSSR count). The van der Waals surface area contributed by atoms with Crippen LogP contribution in [-0.4, -0.2) is 41.9 Å². The molecule has 0 aromatic carbocycles. The van der Waals surface area contributed by atoms with Crippen LogP contribution >= 0.6 is 15.9 Å². The number of ether oxygens (including phenoxy) is 1. The van der Waals surface area contributed by atoms with Gasteiger partial charge in [0.1, 0.15) is 0 Å². The molecule has 0 aromatic heterocycles. The maximum absolute atomic E-state index is 11.6. The number of hydrogen-bond acceptors (Lipinski definition) is 2.